The lowest BCUT2D eigenvalue weighted by atomic mass is 9.64. The molecule has 1 saturated carbocycles. The third-order valence-corrected chi connectivity index (χ3v) is 3.47. The van der Waals surface area contributed by atoms with Crippen molar-refractivity contribution in [2.45, 2.75) is 32.1 Å². The highest BCUT2D eigenvalue weighted by atomic mass is 16.5. The predicted octanol–water partition coefficient (Wildman–Crippen LogP) is 1.67. The molecule has 1 heterocycles. The predicted molar refractivity (Wildman–Crippen MR) is 47.5 cm³/mol. The molecule has 3 heteroatoms. The van der Waals surface area contributed by atoms with Crippen LogP contribution in [-0.4, -0.2) is 24.3 Å². The van der Waals surface area contributed by atoms with Gasteiger partial charge < -0.3 is 9.84 Å². The minimum atomic E-state index is -0.592. The van der Waals surface area contributed by atoms with Gasteiger partial charge in [-0.3, -0.25) is 4.79 Å². The topological polar surface area (TPSA) is 46.5 Å². The van der Waals surface area contributed by atoms with E-state index in [4.69, 9.17) is 9.84 Å². The number of carboxylic acids is 1. The third kappa shape index (κ3) is 1.57. The van der Waals surface area contributed by atoms with Gasteiger partial charge in [0.05, 0.1) is 5.41 Å². The Labute approximate surface area is 78.1 Å². The van der Waals surface area contributed by atoms with E-state index >= 15 is 0 Å². The summed E-state index contributed by atoms with van der Waals surface area (Å²) < 4.78 is 5.26. The van der Waals surface area contributed by atoms with Gasteiger partial charge in [-0.1, -0.05) is 6.42 Å². The highest BCUT2D eigenvalue weighted by molar-refractivity contribution is 5.75. The van der Waals surface area contributed by atoms with E-state index in [0.29, 0.717) is 5.92 Å². The molecular weight excluding hydrogens is 168 g/mol. The Bertz CT molecular complexity index is 202. The molecule has 2 rings (SSSR count). The largest absolute Gasteiger partial charge is 0.481 e. The highest BCUT2D eigenvalue weighted by Gasteiger charge is 2.45. The lowest BCUT2D eigenvalue weighted by molar-refractivity contribution is -0.156. The molecule has 3 nitrogen and oxygen atoms in total. The number of ether oxygens (including phenoxy) is 1. The smallest absolute Gasteiger partial charge is 0.309 e. The van der Waals surface area contributed by atoms with Crippen molar-refractivity contribution in [2.24, 2.45) is 11.3 Å². The van der Waals surface area contributed by atoms with Gasteiger partial charge in [0.15, 0.2) is 0 Å². The second kappa shape index (κ2) is 3.29. The number of carboxylic acid groups (broad SMARTS) is 1. The SMILES string of the molecule is O=C(O)C1(CC2CCOC2)CCC1. The molecule has 2 fully saturated rings. The maximum absolute atomic E-state index is 11.1. The Hall–Kier alpha value is -0.570. The standard InChI is InChI=1S/C10H16O3/c11-9(12)10(3-1-4-10)6-8-2-5-13-7-8/h8H,1-7H2,(H,11,12). The van der Waals surface area contributed by atoms with E-state index in [9.17, 15) is 4.79 Å². The van der Waals surface area contributed by atoms with Gasteiger partial charge in [0.25, 0.3) is 0 Å². The Kier molecular flexibility index (Phi) is 2.28. The lowest BCUT2D eigenvalue weighted by Crippen LogP contribution is -2.39. The molecule has 0 spiro atoms. The van der Waals surface area contributed by atoms with Crippen LogP contribution in [-0.2, 0) is 9.53 Å². The average Bonchev–Trinajstić information content (AvgIpc) is 2.47. The van der Waals surface area contributed by atoms with Crippen molar-refractivity contribution in [3.63, 3.8) is 0 Å². The maximum Gasteiger partial charge on any atom is 0.309 e. The summed E-state index contributed by atoms with van der Waals surface area (Å²) in [7, 11) is 0. The molecule has 0 aromatic rings. The van der Waals surface area contributed by atoms with Gasteiger partial charge >= 0.3 is 5.97 Å². The van der Waals surface area contributed by atoms with Crippen LogP contribution in [0.4, 0.5) is 0 Å². The summed E-state index contributed by atoms with van der Waals surface area (Å²) >= 11 is 0. The first-order chi connectivity index (χ1) is 6.23. The van der Waals surface area contributed by atoms with Gasteiger partial charge in [-0.2, -0.15) is 0 Å². The van der Waals surface area contributed by atoms with E-state index in [1.807, 2.05) is 0 Å². The normalized spacial score (nSPS) is 31.2. The molecule has 0 amide bonds. The molecule has 74 valence electrons. The van der Waals surface area contributed by atoms with Crippen LogP contribution in [0.15, 0.2) is 0 Å². The highest BCUT2D eigenvalue weighted by Crippen LogP contribution is 2.47. The van der Waals surface area contributed by atoms with Gasteiger partial charge in [0, 0.05) is 13.2 Å². The van der Waals surface area contributed by atoms with Crippen LogP contribution in [0.3, 0.4) is 0 Å². The van der Waals surface area contributed by atoms with E-state index < -0.39 is 5.97 Å². The number of carbonyl (C=O) groups is 1. The van der Waals surface area contributed by atoms with Crippen molar-refractivity contribution in [1.82, 2.24) is 0 Å². The van der Waals surface area contributed by atoms with Crippen molar-refractivity contribution in [2.75, 3.05) is 13.2 Å². The van der Waals surface area contributed by atoms with Gasteiger partial charge in [-0.15, -0.1) is 0 Å². The fourth-order valence-electron chi connectivity index (χ4n) is 2.41. The fraction of sp³-hybridized carbons (Fsp3) is 0.900. The summed E-state index contributed by atoms with van der Waals surface area (Å²) in [6.07, 6.45) is 4.72. The van der Waals surface area contributed by atoms with Crippen LogP contribution in [0.1, 0.15) is 32.1 Å². The van der Waals surface area contributed by atoms with Crippen molar-refractivity contribution in [1.29, 1.82) is 0 Å². The van der Waals surface area contributed by atoms with Crippen LogP contribution in [0.25, 0.3) is 0 Å². The first kappa shape index (κ1) is 9.00. The van der Waals surface area contributed by atoms with Crippen LogP contribution < -0.4 is 0 Å². The summed E-state index contributed by atoms with van der Waals surface area (Å²) in [4.78, 5) is 11.1. The number of rotatable bonds is 3. The molecule has 0 aromatic heterocycles. The molecule has 1 aliphatic heterocycles. The summed E-state index contributed by atoms with van der Waals surface area (Å²) in [5.74, 6) is -0.0953. The fourth-order valence-corrected chi connectivity index (χ4v) is 2.41. The van der Waals surface area contributed by atoms with E-state index in [-0.39, 0.29) is 5.41 Å². The van der Waals surface area contributed by atoms with Gasteiger partial charge in [-0.25, -0.2) is 0 Å². The van der Waals surface area contributed by atoms with Crippen LogP contribution >= 0.6 is 0 Å². The van der Waals surface area contributed by atoms with Crippen molar-refractivity contribution in [3.05, 3.63) is 0 Å². The third-order valence-electron chi connectivity index (χ3n) is 3.47. The van der Waals surface area contributed by atoms with E-state index in [1.54, 1.807) is 0 Å². The quantitative estimate of drug-likeness (QED) is 0.725. The van der Waals surface area contributed by atoms with Gasteiger partial charge in [0.1, 0.15) is 0 Å². The molecule has 1 unspecified atom stereocenters. The Morgan fingerprint density at radius 3 is 2.69 bits per heavy atom. The zero-order valence-electron chi connectivity index (χ0n) is 7.79. The average molecular weight is 184 g/mol. The summed E-state index contributed by atoms with van der Waals surface area (Å²) in [5, 5.41) is 9.10. The zero-order chi connectivity index (χ0) is 9.31. The van der Waals surface area contributed by atoms with E-state index in [1.165, 1.54) is 0 Å². The first-order valence-electron chi connectivity index (χ1n) is 5.04. The molecule has 0 bridgehead atoms. The summed E-state index contributed by atoms with van der Waals surface area (Å²) in [6.45, 7) is 1.59. The second-order valence-corrected chi connectivity index (χ2v) is 4.37. The monoisotopic (exact) mass is 184 g/mol. The minimum Gasteiger partial charge on any atom is -0.481 e. The number of aliphatic carboxylic acids is 1. The molecule has 0 radical (unpaired) electrons. The molecule has 0 aromatic carbocycles. The first-order valence-corrected chi connectivity index (χ1v) is 5.04. The van der Waals surface area contributed by atoms with Crippen molar-refractivity contribution < 1.29 is 14.6 Å². The number of hydrogen-bond donors (Lipinski definition) is 1. The molecule has 2 aliphatic rings. The molecule has 1 atom stereocenters. The van der Waals surface area contributed by atoms with Gasteiger partial charge in [-0.05, 0) is 31.6 Å². The van der Waals surface area contributed by atoms with Crippen molar-refractivity contribution in [3.8, 4) is 0 Å². The Balaban J connectivity index is 1.93. The minimum absolute atomic E-state index is 0.377. The Morgan fingerprint density at radius 2 is 2.31 bits per heavy atom. The van der Waals surface area contributed by atoms with E-state index in [0.717, 1.165) is 45.3 Å². The van der Waals surface area contributed by atoms with Crippen molar-refractivity contribution >= 4 is 5.97 Å². The second-order valence-electron chi connectivity index (χ2n) is 4.37. The van der Waals surface area contributed by atoms with Crippen LogP contribution in [0, 0.1) is 11.3 Å². The lowest BCUT2D eigenvalue weighted by Gasteiger charge is -2.39. The maximum atomic E-state index is 11.1. The van der Waals surface area contributed by atoms with E-state index in [2.05, 4.69) is 0 Å². The molecule has 1 N–H and O–H groups in total. The van der Waals surface area contributed by atoms with Crippen LogP contribution in [0.5, 0.6) is 0 Å². The molecular formula is C10H16O3. The Morgan fingerprint density at radius 1 is 1.54 bits per heavy atom. The van der Waals surface area contributed by atoms with Gasteiger partial charge in [0.2, 0.25) is 0 Å². The molecule has 13 heavy (non-hydrogen) atoms. The zero-order valence-corrected chi connectivity index (χ0v) is 7.79. The van der Waals surface area contributed by atoms with Crippen LogP contribution in [0.2, 0.25) is 0 Å². The summed E-state index contributed by atoms with van der Waals surface area (Å²) in [5.41, 5.74) is -0.377. The molecule has 1 aliphatic carbocycles. The summed E-state index contributed by atoms with van der Waals surface area (Å²) in [6, 6.07) is 0. The molecule has 1 saturated heterocycles. The number of hydrogen-bond acceptors (Lipinski definition) is 2.